The minimum atomic E-state index is 0.779. The lowest BCUT2D eigenvalue weighted by Gasteiger charge is -2.13. The van der Waals surface area contributed by atoms with Crippen molar-refractivity contribution in [2.75, 3.05) is 0 Å². The van der Waals surface area contributed by atoms with Crippen molar-refractivity contribution in [1.82, 2.24) is 0 Å². The Morgan fingerprint density at radius 2 is 1.85 bits per heavy atom. The molecule has 0 amide bonds. The number of benzene rings is 3. The van der Waals surface area contributed by atoms with Crippen LogP contribution in [0.3, 0.4) is 0 Å². The highest BCUT2D eigenvalue weighted by atomic mass is 14.3. The molecule has 100 valence electrons. The Bertz CT molecular complexity index is 811. The van der Waals surface area contributed by atoms with Gasteiger partial charge in [0.1, 0.15) is 0 Å². The number of rotatable bonds is 1. The van der Waals surface area contributed by atoms with Gasteiger partial charge < -0.3 is 0 Å². The second kappa shape index (κ2) is 4.34. The van der Waals surface area contributed by atoms with Crippen molar-refractivity contribution < 1.29 is 0 Å². The second-order valence-electron chi connectivity index (χ2n) is 6.10. The first-order valence-electron chi connectivity index (χ1n) is 7.73. The van der Waals surface area contributed by atoms with E-state index in [1.165, 1.54) is 46.4 Å². The molecule has 0 aromatic heterocycles. The summed E-state index contributed by atoms with van der Waals surface area (Å²) < 4.78 is 0. The maximum atomic E-state index is 2.41. The molecule has 0 spiro atoms. The van der Waals surface area contributed by atoms with E-state index >= 15 is 0 Å². The summed E-state index contributed by atoms with van der Waals surface area (Å²) in [7, 11) is 0. The third-order valence-electron chi connectivity index (χ3n) is 5.14. The zero-order valence-electron chi connectivity index (χ0n) is 12.2. The van der Waals surface area contributed by atoms with Gasteiger partial charge in [0.05, 0.1) is 0 Å². The fraction of sp³-hybridized carbons (Fsp3) is 0.300. The van der Waals surface area contributed by atoms with Crippen LogP contribution in [0.15, 0.2) is 42.5 Å². The van der Waals surface area contributed by atoms with E-state index < -0.39 is 0 Å². The van der Waals surface area contributed by atoms with E-state index in [0.717, 1.165) is 5.92 Å². The summed E-state index contributed by atoms with van der Waals surface area (Å²) in [5, 5.41) is 5.71. The van der Waals surface area contributed by atoms with Gasteiger partial charge in [-0.05, 0) is 76.4 Å². The van der Waals surface area contributed by atoms with Gasteiger partial charge in [0, 0.05) is 0 Å². The highest BCUT2D eigenvalue weighted by Crippen LogP contribution is 2.41. The van der Waals surface area contributed by atoms with Gasteiger partial charge in [-0.15, -0.1) is 0 Å². The molecule has 1 aliphatic carbocycles. The monoisotopic (exact) mass is 260 g/mol. The predicted molar refractivity (Wildman–Crippen MR) is 87.5 cm³/mol. The lowest BCUT2D eigenvalue weighted by atomic mass is 9.91. The summed E-state index contributed by atoms with van der Waals surface area (Å²) in [5.74, 6) is 0.779. The van der Waals surface area contributed by atoms with E-state index in [4.69, 9.17) is 0 Å². The highest BCUT2D eigenvalue weighted by molar-refractivity contribution is 6.03. The van der Waals surface area contributed by atoms with Crippen LogP contribution in [-0.2, 0) is 6.42 Å². The third-order valence-corrected chi connectivity index (χ3v) is 5.14. The molecule has 3 aromatic carbocycles. The normalized spacial score (nSPS) is 17.8. The Hall–Kier alpha value is -1.82. The molecule has 1 unspecified atom stereocenters. The van der Waals surface area contributed by atoms with Crippen molar-refractivity contribution in [1.29, 1.82) is 0 Å². The van der Waals surface area contributed by atoms with Crippen LogP contribution in [0, 0.1) is 6.92 Å². The molecular weight excluding hydrogens is 240 g/mol. The van der Waals surface area contributed by atoms with Crippen LogP contribution < -0.4 is 0 Å². The molecule has 20 heavy (non-hydrogen) atoms. The maximum absolute atomic E-state index is 2.41. The summed E-state index contributed by atoms with van der Waals surface area (Å²) >= 11 is 0. The van der Waals surface area contributed by atoms with Crippen LogP contribution in [0.4, 0.5) is 0 Å². The van der Waals surface area contributed by atoms with Gasteiger partial charge in [0.2, 0.25) is 0 Å². The van der Waals surface area contributed by atoms with Gasteiger partial charge in [0.15, 0.2) is 0 Å². The van der Waals surface area contributed by atoms with Crippen LogP contribution >= 0.6 is 0 Å². The number of hydrogen-bond donors (Lipinski definition) is 0. The largest absolute Gasteiger partial charge is 0.0648 e. The molecule has 4 rings (SSSR count). The molecule has 0 nitrogen and oxygen atoms in total. The summed E-state index contributed by atoms with van der Waals surface area (Å²) in [4.78, 5) is 0. The molecule has 1 atom stereocenters. The van der Waals surface area contributed by atoms with Crippen molar-refractivity contribution >= 4 is 21.5 Å². The Morgan fingerprint density at radius 1 is 1.00 bits per heavy atom. The van der Waals surface area contributed by atoms with Crippen molar-refractivity contribution in [2.24, 2.45) is 0 Å². The van der Waals surface area contributed by atoms with E-state index in [-0.39, 0.29) is 0 Å². The van der Waals surface area contributed by atoms with Crippen molar-refractivity contribution in [2.45, 2.75) is 39.0 Å². The Morgan fingerprint density at radius 3 is 2.70 bits per heavy atom. The SMILES string of the molecule is CCC1CCc2c1ccc1c(C)c3ccccc3cc21. The Labute approximate surface area is 120 Å². The molecule has 0 N–H and O–H groups in total. The first kappa shape index (κ1) is 12.0. The van der Waals surface area contributed by atoms with Gasteiger partial charge in [-0.3, -0.25) is 0 Å². The van der Waals surface area contributed by atoms with E-state index in [1.807, 2.05) is 0 Å². The number of hydrogen-bond acceptors (Lipinski definition) is 0. The van der Waals surface area contributed by atoms with Crippen molar-refractivity contribution in [3.8, 4) is 0 Å². The third kappa shape index (κ3) is 1.54. The van der Waals surface area contributed by atoms with Gasteiger partial charge in [0.25, 0.3) is 0 Å². The van der Waals surface area contributed by atoms with Crippen LogP contribution in [0.5, 0.6) is 0 Å². The van der Waals surface area contributed by atoms with Gasteiger partial charge in [-0.2, -0.15) is 0 Å². The first-order valence-corrected chi connectivity index (χ1v) is 7.73. The van der Waals surface area contributed by atoms with Gasteiger partial charge in [-0.1, -0.05) is 43.3 Å². The zero-order chi connectivity index (χ0) is 13.7. The van der Waals surface area contributed by atoms with E-state index in [2.05, 4.69) is 56.3 Å². The van der Waals surface area contributed by atoms with Crippen molar-refractivity contribution in [3.05, 3.63) is 59.2 Å². The Balaban J connectivity index is 2.12. The molecular formula is C20H20. The standard InChI is InChI=1S/C20H20/c1-3-14-8-9-19-18(14)11-10-17-13(2)16-7-5-4-6-15(16)12-20(17)19/h4-7,10-12,14H,3,8-9H2,1-2H3. The first-order chi connectivity index (χ1) is 9.79. The molecule has 0 saturated carbocycles. The van der Waals surface area contributed by atoms with Crippen LogP contribution in [-0.4, -0.2) is 0 Å². The quantitative estimate of drug-likeness (QED) is 0.489. The fourth-order valence-electron chi connectivity index (χ4n) is 4.00. The highest BCUT2D eigenvalue weighted by Gasteiger charge is 2.23. The molecule has 0 heterocycles. The van der Waals surface area contributed by atoms with Gasteiger partial charge in [-0.25, -0.2) is 0 Å². The van der Waals surface area contributed by atoms with E-state index in [1.54, 1.807) is 11.1 Å². The van der Waals surface area contributed by atoms with Gasteiger partial charge >= 0.3 is 0 Å². The lowest BCUT2D eigenvalue weighted by Crippen LogP contribution is -1.92. The molecule has 1 aliphatic rings. The summed E-state index contributed by atoms with van der Waals surface area (Å²) in [6.45, 7) is 4.58. The average Bonchev–Trinajstić information content (AvgIpc) is 2.91. The smallest absolute Gasteiger partial charge is 0.0140 e. The minimum absolute atomic E-state index is 0.779. The number of fused-ring (bicyclic) bond motifs is 4. The van der Waals surface area contributed by atoms with Crippen LogP contribution in [0.25, 0.3) is 21.5 Å². The van der Waals surface area contributed by atoms with Crippen LogP contribution in [0.1, 0.15) is 42.4 Å². The summed E-state index contributed by atoms with van der Waals surface area (Å²) in [6, 6.07) is 15.9. The zero-order valence-corrected chi connectivity index (χ0v) is 12.2. The van der Waals surface area contributed by atoms with E-state index in [0.29, 0.717) is 0 Å². The molecule has 0 heteroatoms. The lowest BCUT2D eigenvalue weighted by molar-refractivity contribution is 0.656. The van der Waals surface area contributed by atoms with Crippen LogP contribution in [0.2, 0.25) is 0 Å². The molecule has 0 aliphatic heterocycles. The summed E-state index contributed by atoms with van der Waals surface area (Å²) in [5.41, 5.74) is 4.65. The molecule has 0 radical (unpaired) electrons. The molecule has 3 aromatic rings. The van der Waals surface area contributed by atoms with Crippen molar-refractivity contribution in [3.63, 3.8) is 0 Å². The maximum Gasteiger partial charge on any atom is -0.0140 e. The molecule has 0 saturated heterocycles. The molecule has 0 fully saturated rings. The minimum Gasteiger partial charge on any atom is -0.0648 e. The molecule has 0 bridgehead atoms. The van der Waals surface area contributed by atoms with E-state index in [9.17, 15) is 0 Å². The second-order valence-corrected chi connectivity index (χ2v) is 6.10. The average molecular weight is 260 g/mol. The fourth-order valence-corrected chi connectivity index (χ4v) is 4.00. The summed E-state index contributed by atoms with van der Waals surface area (Å²) in [6.07, 6.45) is 3.85. The predicted octanol–water partition coefficient (Wildman–Crippen LogP) is 5.74. The topological polar surface area (TPSA) is 0 Å². The number of aryl methyl sites for hydroxylation is 2. The Kier molecular flexibility index (Phi) is 2.60.